The molecule has 5 atom stereocenters. The molecule has 2 aromatic carbocycles. The summed E-state index contributed by atoms with van der Waals surface area (Å²) in [5, 5.41) is 14.5. The highest BCUT2D eigenvalue weighted by molar-refractivity contribution is 5.31. The molecular formula is C27H33N3O4. The number of aliphatic hydroxyl groups excluding tert-OH is 1. The summed E-state index contributed by atoms with van der Waals surface area (Å²) in [5.74, 6) is 0.00806. The van der Waals surface area contributed by atoms with Crippen molar-refractivity contribution in [2.24, 2.45) is 5.92 Å². The van der Waals surface area contributed by atoms with E-state index in [0.29, 0.717) is 0 Å². The molecule has 0 amide bonds. The Bertz CT molecular complexity index is 953. The Morgan fingerprint density at radius 3 is 1.97 bits per heavy atom. The van der Waals surface area contributed by atoms with Gasteiger partial charge in [0.05, 0.1) is 12.1 Å². The van der Waals surface area contributed by atoms with Crippen LogP contribution < -0.4 is 5.32 Å². The lowest BCUT2D eigenvalue weighted by Gasteiger charge is -2.57. The van der Waals surface area contributed by atoms with E-state index in [2.05, 4.69) is 34.6 Å². The van der Waals surface area contributed by atoms with E-state index in [1.165, 1.54) is 7.11 Å². The Balaban J connectivity index is 1.62. The van der Waals surface area contributed by atoms with Crippen LogP contribution in [0.5, 0.6) is 0 Å². The number of likely N-dealkylation sites (tertiary alicyclic amines) is 1. The minimum atomic E-state index is -0.996. The van der Waals surface area contributed by atoms with Crippen LogP contribution in [0.15, 0.2) is 85.2 Å². The highest BCUT2D eigenvalue weighted by Crippen LogP contribution is 2.40. The standard InChI is InChI=1S/C27H33N3O4/c1-32-25-22(18-19-14-16-28-17-15-19)24(26(31)33-2)30(25)27(34-3)29-23(20-10-6-4-7-11-20)21-12-8-5-9-13-21/h4-17,22-27,29,31H,18H2,1-3H3/t22-,24?,25?,26?,27?/m1/s1. The van der Waals surface area contributed by atoms with Crippen molar-refractivity contribution in [3.63, 3.8) is 0 Å². The third kappa shape index (κ3) is 5.20. The third-order valence-electron chi connectivity index (χ3n) is 6.51. The van der Waals surface area contributed by atoms with Crippen LogP contribution in [0.1, 0.15) is 22.7 Å². The molecule has 1 saturated heterocycles. The molecule has 2 N–H and O–H groups in total. The molecule has 180 valence electrons. The number of benzene rings is 2. The minimum absolute atomic E-state index is 0.00806. The van der Waals surface area contributed by atoms with Crippen molar-refractivity contribution in [1.82, 2.24) is 15.2 Å². The zero-order chi connectivity index (χ0) is 23.9. The molecule has 0 bridgehead atoms. The monoisotopic (exact) mass is 463 g/mol. The summed E-state index contributed by atoms with van der Waals surface area (Å²) in [6, 6.07) is 24.0. The first-order valence-corrected chi connectivity index (χ1v) is 11.5. The molecule has 1 aliphatic rings. The molecule has 0 radical (unpaired) electrons. The van der Waals surface area contributed by atoms with E-state index in [1.54, 1.807) is 26.6 Å². The first kappa shape index (κ1) is 24.5. The molecule has 7 heteroatoms. The van der Waals surface area contributed by atoms with E-state index in [1.807, 2.05) is 53.4 Å². The molecule has 4 unspecified atom stereocenters. The number of nitrogens with zero attached hydrogens (tertiary/aromatic N) is 2. The maximum Gasteiger partial charge on any atom is 0.170 e. The molecule has 1 aliphatic heterocycles. The summed E-state index contributed by atoms with van der Waals surface area (Å²) in [5.41, 5.74) is 3.35. The maximum absolute atomic E-state index is 10.8. The van der Waals surface area contributed by atoms with Crippen LogP contribution >= 0.6 is 0 Å². The van der Waals surface area contributed by atoms with Gasteiger partial charge >= 0.3 is 0 Å². The molecule has 2 heterocycles. The highest BCUT2D eigenvalue weighted by atomic mass is 16.6. The summed E-state index contributed by atoms with van der Waals surface area (Å²) >= 11 is 0. The van der Waals surface area contributed by atoms with Crippen molar-refractivity contribution in [1.29, 1.82) is 0 Å². The molecule has 1 aromatic heterocycles. The van der Waals surface area contributed by atoms with Gasteiger partial charge in [0.2, 0.25) is 0 Å². The average Bonchev–Trinajstić information content (AvgIpc) is 2.89. The Hall–Kier alpha value is -2.65. The summed E-state index contributed by atoms with van der Waals surface area (Å²) < 4.78 is 17.2. The Morgan fingerprint density at radius 2 is 1.47 bits per heavy atom. The average molecular weight is 464 g/mol. The molecule has 0 aliphatic carbocycles. The minimum Gasteiger partial charge on any atom is -0.367 e. The fourth-order valence-electron chi connectivity index (χ4n) is 4.87. The topological polar surface area (TPSA) is 76.1 Å². The number of hydrogen-bond acceptors (Lipinski definition) is 7. The van der Waals surface area contributed by atoms with Gasteiger partial charge in [0.15, 0.2) is 12.6 Å². The molecule has 3 aromatic rings. The van der Waals surface area contributed by atoms with Gasteiger partial charge in [0.1, 0.15) is 6.23 Å². The van der Waals surface area contributed by atoms with Crippen LogP contribution in [-0.2, 0) is 20.6 Å². The third-order valence-corrected chi connectivity index (χ3v) is 6.51. The van der Waals surface area contributed by atoms with Gasteiger partial charge in [0, 0.05) is 39.6 Å². The number of ether oxygens (including phenoxy) is 3. The maximum atomic E-state index is 10.8. The lowest BCUT2D eigenvalue weighted by Crippen LogP contribution is -2.74. The van der Waals surface area contributed by atoms with Crippen LogP contribution in [0.4, 0.5) is 0 Å². The van der Waals surface area contributed by atoms with Gasteiger partial charge < -0.3 is 19.3 Å². The molecule has 0 saturated carbocycles. The van der Waals surface area contributed by atoms with Crippen molar-refractivity contribution in [3.05, 3.63) is 102 Å². The smallest absolute Gasteiger partial charge is 0.170 e. The fraction of sp³-hybridized carbons (Fsp3) is 0.370. The first-order chi connectivity index (χ1) is 16.7. The molecule has 7 nitrogen and oxygen atoms in total. The van der Waals surface area contributed by atoms with Crippen LogP contribution in [0.3, 0.4) is 0 Å². The lowest BCUT2D eigenvalue weighted by molar-refractivity contribution is -0.308. The van der Waals surface area contributed by atoms with E-state index in [9.17, 15) is 5.11 Å². The number of aromatic nitrogens is 1. The van der Waals surface area contributed by atoms with Crippen LogP contribution in [0, 0.1) is 5.92 Å². The molecule has 1 fully saturated rings. The van der Waals surface area contributed by atoms with E-state index in [0.717, 1.165) is 23.1 Å². The zero-order valence-electron chi connectivity index (χ0n) is 19.8. The van der Waals surface area contributed by atoms with E-state index in [-0.39, 0.29) is 24.2 Å². The molecule has 0 spiro atoms. The van der Waals surface area contributed by atoms with Crippen molar-refractivity contribution < 1.29 is 19.3 Å². The van der Waals surface area contributed by atoms with Crippen molar-refractivity contribution in [2.45, 2.75) is 37.4 Å². The van der Waals surface area contributed by atoms with Crippen molar-refractivity contribution in [2.75, 3.05) is 21.3 Å². The quantitative estimate of drug-likeness (QED) is 0.423. The zero-order valence-corrected chi connectivity index (χ0v) is 19.8. The second-order valence-electron chi connectivity index (χ2n) is 8.42. The molecule has 34 heavy (non-hydrogen) atoms. The van der Waals surface area contributed by atoms with Gasteiger partial charge in [0.25, 0.3) is 0 Å². The lowest BCUT2D eigenvalue weighted by atomic mass is 9.80. The Morgan fingerprint density at radius 1 is 0.882 bits per heavy atom. The highest BCUT2D eigenvalue weighted by Gasteiger charge is 2.55. The normalized spacial score (nSPS) is 22.3. The van der Waals surface area contributed by atoms with Gasteiger partial charge in [-0.15, -0.1) is 0 Å². The van der Waals surface area contributed by atoms with Gasteiger partial charge in [-0.25, -0.2) is 4.90 Å². The number of rotatable bonds is 11. The van der Waals surface area contributed by atoms with Gasteiger partial charge in [-0.05, 0) is 35.2 Å². The van der Waals surface area contributed by atoms with Crippen LogP contribution in [-0.4, -0.2) is 61.2 Å². The van der Waals surface area contributed by atoms with Crippen LogP contribution in [0.25, 0.3) is 0 Å². The van der Waals surface area contributed by atoms with E-state index < -0.39 is 12.6 Å². The number of aliphatic hydroxyl groups is 1. The predicted octanol–water partition coefficient (Wildman–Crippen LogP) is 3.17. The molecule has 4 rings (SSSR count). The second kappa shape index (κ2) is 11.7. The number of methoxy groups -OCH3 is 3. The molecular weight excluding hydrogens is 430 g/mol. The summed E-state index contributed by atoms with van der Waals surface area (Å²) in [6.45, 7) is 0. The number of nitrogens with one attached hydrogen (secondary N) is 1. The SMILES string of the molecule is COC(O)C1[C@@H](Cc2ccncc2)C(OC)N1C(NC(c1ccccc1)c1ccccc1)OC. The Kier molecular flexibility index (Phi) is 8.39. The van der Waals surface area contributed by atoms with Gasteiger partial charge in [-0.1, -0.05) is 60.7 Å². The van der Waals surface area contributed by atoms with Crippen molar-refractivity contribution >= 4 is 0 Å². The van der Waals surface area contributed by atoms with Crippen LogP contribution in [0.2, 0.25) is 0 Å². The van der Waals surface area contributed by atoms with Crippen molar-refractivity contribution in [3.8, 4) is 0 Å². The Labute approximate surface area is 201 Å². The summed E-state index contributed by atoms with van der Waals surface area (Å²) in [6.07, 6.45) is 2.48. The fourth-order valence-corrected chi connectivity index (χ4v) is 4.87. The second-order valence-corrected chi connectivity index (χ2v) is 8.42. The first-order valence-electron chi connectivity index (χ1n) is 11.5. The van der Waals surface area contributed by atoms with E-state index >= 15 is 0 Å². The predicted molar refractivity (Wildman–Crippen MR) is 130 cm³/mol. The summed E-state index contributed by atoms with van der Waals surface area (Å²) in [7, 11) is 4.85. The van der Waals surface area contributed by atoms with Gasteiger partial charge in [-0.2, -0.15) is 0 Å². The summed E-state index contributed by atoms with van der Waals surface area (Å²) in [4.78, 5) is 6.12. The van der Waals surface area contributed by atoms with Gasteiger partial charge in [-0.3, -0.25) is 10.3 Å². The largest absolute Gasteiger partial charge is 0.367 e. The van der Waals surface area contributed by atoms with E-state index in [4.69, 9.17) is 14.2 Å². The number of pyridine rings is 1. The number of hydrogen-bond donors (Lipinski definition) is 2.